The fraction of sp³-hybridized carbons (Fsp3) is 0.471. The van der Waals surface area contributed by atoms with Gasteiger partial charge < -0.3 is 9.47 Å². The van der Waals surface area contributed by atoms with Gasteiger partial charge in [-0.1, -0.05) is 6.08 Å². The van der Waals surface area contributed by atoms with Crippen LogP contribution in [0, 0.1) is 17.0 Å². The average Bonchev–Trinajstić information content (AvgIpc) is 3.17. The van der Waals surface area contributed by atoms with Crippen LogP contribution < -0.4 is 4.72 Å². The molecule has 144 valence electrons. The molecule has 3 aliphatic heterocycles. The van der Waals surface area contributed by atoms with E-state index in [2.05, 4.69) is 4.72 Å². The van der Waals surface area contributed by atoms with E-state index in [9.17, 15) is 23.3 Å². The van der Waals surface area contributed by atoms with Gasteiger partial charge in [0.05, 0.1) is 22.6 Å². The highest BCUT2D eigenvalue weighted by Crippen LogP contribution is 2.48. The summed E-state index contributed by atoms with van der Waals surface area (Å²) in [5.41, 5.74) is -0.873. The molecule has 4 unspecified atom stereocenters. The second-order valence-corrected chi connectivity index (χ2v) is 9.08. The van der Waals surface area contributed by atoms with Crippen LogP contribution in [0.25, 0.3) is 0 Å². The van der Waals surface area contributed by atoms with Crippen molar-refractivity contribution in [3.8, 4) is 0 Å². The van der Waals surface area contributed by atoms with Gasteiger partial charge in [-0.15, -0.1) is 0 Å². The predicted molar refractivity (Wildman–Crippen MR) is 93.7 cm³/mol. The van der Waals surface area contributed by atoms with Crippen molar-refractivity contribution in [3.63, 3.8) is 0 Å². The summed E-state index contributed by atoms with van der Waals surface area (Å²) in [4.78, 5) is 23.2. The zero-order valence-corrected chi connectivity index (χ0v) is 15.4. The molecule has 10 heteroatoms. The fourth-order valence-corrected chi connectivity index (χ4v) is 6.18. The molecule has 0 aliphatic carbocycles. The average molecular weight is 394 g/mol. The van der Waals surface area contributed by atoms with Crippen molar-refractivity contribution >= 4 is 21.7 Å². The molecule has 27 heavy (non-hydrogen) atoms. The maximum absolute atomic E-state index is 12.7. The van der Waals surface area contributed by atoms with E-state index in [4.69, 9.17) is 9.47 Å². The minimum atomic E-state index is -3.61. The number of aryl methyl sites for hydroxylation is 1. The number of nitro groups is 1. The molecular formula is C17H18N2O7S. The molecule has 0 aromatic heterocycles. The minimum absolute atomic E-state index is 0.0341. The molecule has 3 aliphatic rings. The number of rotatable bonds is 3. The standard InChI is InChI=1S/C17H18N2O7S/c1-9-5-11(7-12(6-9)19(21)22)16(20)25-15-10(2)18-27(23,24)14-8-13-3-4-17(14,15)26-13/h3-7,10,13-15,18H,8H2,1-2H3/t10?,13?,14?,15?,17-/m1/s1. The van der Waals surface area contributed by atoms with Gasteiger partial charge in [0, 0.05) is 12.1 Å². The van der Waals surface area contributed by atoms with Crippen molar-refractivity contribution < 1.29 is 27.6 Å². The number of sulfonamides is 1. The third-order valence-corrected chi connectivity index (χ3v) is 7.25. The van der Waals surface area contributed by atoms with E-state index in [1.165, 1.54) is 12.1 Å². The van der Waals surface area contributed by atoms with Gasteiger partial charge in [-0.3, -0.25) is 10.1 Å². The Kier molecular flexibility index (Phi) is 3.92. The summed E-state index contributed by atoms with van der Waals surface area (Å²) < 4.78 is 39.0. The molecule has 0 radical (unpaired) electrons. The highest BCUT2D eigenvalue weighted by atomic mass is 32.2. The zero-order valence-electron chi connectivity index (χ0n) is 14.6. The molecule has 0 saturated carbocycles. The van der Waals surface area contributed by atoms with Crippen LogP contribution in [0.15, 0.2) is 30.4 Å². The Morgan fingerprint density at radius 1 is 1.41 bits per heavy atom. The van der Waals surface area contributed by atoms with Crippen LogP contribution in [0.2, 0.25) is 0 Å². The second kappa shape index (κ2) is 5.85. The smallest absolute Gasteiger partial charge is 0.338 e. The minimum Gasteiger partial charge on any atom is -0.454 e. The molecule has 4 rings (SSSR count). The number of carbonyl (C=O) groups is 1. The van der Waals surface area contributed by atoms with Gasteiger partial charge >= 0.3 is 5.97 Å². The molecule has 5 atom stereocenters. The van der Waals surface area contributed by atoms with Crippen molar-refractivity contribution in [3.05, 3.63) is 51.6 Å². The third kappa shape index (κ3) is 2.75. The lowest BCUT2D eigenvalue weighted by molar-refractivity contribution is -0.384. The van der Waals surface area contributed by atoms with Crippen LogP contribution in [-0.4, -0.2) is 48.4 Å². The maximum atomic E-state index is 12.7. The molecule has 2 bridgehead atoms. The van der Waals surface area contributed by atoms with E-state index < -0.39 is 43.9 Å². The number of non-ortho nitro benzene ring substituents is 1. The van der Waals surface area contributed by atoms with E-state index in [0.29, 0.717) is 12.0 Å². The summed E-state index contributed by atoms with van der Waals surface area (Å²) >= 11 is 0. The predicted octanol–water partition coefficient (Wildman–Crippen LogP) is 1.22. The summed E-state index contributed by atoms with van der Waals surface area (Å²) in [5, 5.41) is 10.2. The highest BCUT2D eigenvalue weighted by molar-refractivity contribution is 7.90. The Morgan fingerprint density at radius 2 is 2.15 bits per heavy atom. The Labute approximate surface area is 155 Å². The maximum Gasteiger partial charge on any atom is 0.338 e. The topological polar surface area (TPSA) is 125 Å². The first-order chi connectivity index (χ1) is 12.6. The molecule has 3 heterocycles. The summed E-state index contributed by atoms with van der Waals surface area (Å²) in [7, 11) is -3.61. The molecule has 0 amide bonds. The summed E-state index contributed by atoms with van der Waals surface area (Å²) in [6, 6.07) is 3.28. The number of carbonyl (C=O) groups excluding carboxylic acids is 1. The molecular weight excluding hydrogens is 376 g/mol. The highest BCUT2D eigenvalue weighted by Gasteiger charge is 2.65. The number of hydrogen-bond acceptors (Lipinski definition) is 7. The number of hydrogen-bond donors (Lipinski definition) is 1. The SMILES string of the molecule is Cc1cc(C(=O)OC2C(C)NS(=O)(=O)C3CC4C=C[C@]23O4)cc([N+](=O)[O-])c1. The van der Waals surface area contributed by atoms with Crippen molar-refractivity contribution in [1.82, 2.24) is 4.72 Å². The lowest BCUT2D eigenvalue weighted by Crippen LogP contribution is -2.67. The van der Waals surface area contributed by atoms with E-state index in [-0.39, 0.29) is 17.4 Å². The van der Waals surface area contributed by atoms with E-state index >= 15 is 0 Å². The number of nitrogens with one attached hydrogen (secondary N) is 1. The first-order valence-corrected chi connectivity index (χ1v) is 10.0. The largest absolute Gasteiger partial charge is 0.454 e. The fourth-order valence-electron chi connectivity index (χ4n) is 4.18. The molecule has 1 aromatic carbocycles. The number of esters is 1. The second-order valence-electron chi connectivity index (χ2n) is 7.19. The summed E-state index contributed by atoms with van der Waals surface area (Å²) in [6.45, 7) is 3.24. The van der Waals surface area contributed by atoms with Crippen molar-refractivity contribution in [2.24, 2.45) is 0 Å². The first-order valence-electron chi connectivity index (χ1n) is 8.48. The van der Waals surface area contributed by atoms with Crippen molar-refractivity contribution in [2.75, 3.05) is 0 Å². The van der Waals surface area contributed by atoms with Crippen LogP contribution in [0.3, 0.4) is 0 Å². The van der Waals surface area contributed by atoms with Crippen LogP contribution in [0.1, 0.15) is 29.3 Å². The van der Waals surface area contributed by atoms with Crippen LogP contribution >= 0.6 is 0 Å². The number of benzene rings is 1. The number of fused-ring (bicyclic) bond motifs is 1. The van der Waals surface area contributed by atoms with Gasteiger partial charge in [0.25, 0.3) is 5.69 Å². The van der Waals surface area contributed by atoms with E-state index in [1.807, 2.05) is 0 Å². The van der Waals surface area contributed by atoms with Crippen LogP contribution in [-0.2, 0) is 19.5 Å². The number of nitro benzene ring substituents is 1. The third-order valence-electron chi connectivity index (χ3n) is 5.24. The Balaban J connectivity index is 1.67. The summed E-state index contributed by atoms with van der Waals surface area (Å²) in [5.74, 6) is -0.764. The molecule has 1 N–H and O–H groups in total. The zero-order chi connectivity index (χ0) is 19.6. The van der Waals surface area contributed by atoms with Gasteiger partial charge in [0.15, 0.2) is 6.10 Å². The normalized spacial score (nSPS) is 35.6. The molecule has 2 saturated heterocycles. The van der Waals surface area contributed by atoms with Crippen molar-refractivity contribution in [1.29, 1.82) is 0 Å². The van der Waals surface area contributed by atoms with E-state index in [0.717, 1.165) is 6.07 Å². The Bertz CT molecular complexity index is 973. The molecule has 1 aromatic rings. The molecule has 1 spiro atoms. The quantitative estimate of drug-likeness (QED) is 0.354. The lowest BCUT2D eigenvalue weighted by atomic mass is 9.85. The van der Waals surface area contributed by atoms with Crippen LogP contribution in [0.5, 0.6) is 0 Å². The van der Waals surface area contributed by atoms with E-state index in [1.54, 1.807) is 26.0 Å². The number of nitrogens with zero attached hydrogens (tertiary/aromatic N) is 1. The molecule has 2 fully saturated rings. The summed E-state index contributed by atoms with van der Waals surface area (Å²) in [6.07, 6.45) is 2.52. The van der Waals surface area contributed by atoms with Crippen molar-refractivity contribution in [2.45, 2.75) is 49.4 Å². The molecule has 9 nitrogen and oxygen atoms in total. The van der Waals surface area contributed by atoms with Gasteiger partial charge in [0.1, 0.15) is 10.9 Å². The van der Waals surface area contributed by atoms with Gasteiger partial charge in [-0.05, 0) is 38.0 Å². The van der Waals surface area contributed by atoms with Gasteiger partial charge in [0.2, 0.25) is 10.0 Å². The van der Waals surface area contributed by atoms with Crippen LogP contribution in [0.4, 0.5) is 5.69 Å². The van der Waals surface area contributed by atoms with Gasteiger partial charge in [-0.2, -0.15) is 0 Å². The number of ether oxygens (including phenoxy) is 2. The lowest BCUT2D eigenvalue weighted by Gasteiger charge is -2.44. The Morgan fingerprint density at radius 3 is 2.81 bits per heavy atom. The monoisotopic (exact) mass is 394 g/mol. The first kappa shape index (κ1) is 18.1. The van der Waals surface area contributed by atoms with Gasteiger partial charge in [-0.25, -0.2) is 17.9 Å². The Hall–Kier alpha value is -2.30.